The number of nitrogens with one attached hydrogen (secondary N) is 1. The zero-order chi connectivity index (χ0) is 14.8. The fourth-order valence-electron chi connectivity index (χ4n) is 2.34. The van der Waals surface area contributed by atoms with Crippen LogP contribution in [0.15, 0.2) is 29.6 Å². The summed E-state index contributed by atoms with van der Waals surface area (Å²) in [7, 11) is 0. The molecule has 0 saturated heterocycles. The second kappa shape index (κ2) is 5.95. The number of aromatic nitrogens is 1. The number of nitrogens with zero attached hydrogens (tertiary/aromatic N) is 1. The van der Waals surface area contributed by atoms with Crippen LogP contribution in [0.3, 0.4) is 0 Å². The van der Waals surface area contributed by atoms with Crippen LogP contribution in [0.1, 0.15) is 45.5 Å². The molecule has 4 nitrogen and oxygen atoms in total. The Labute approximate surface area is 128 Å². The average Bonchev–Trinajstić information content (AvgIpc) is 3.26. The van der Waals surface area contributed by atoms with Crippen LogP contribution in [0.25, 0.3) is 0 Å². The summed E-state index contributed by atoms with van der Waals surface area (Å²) in [6, 6.07) is 7.50. The first-order valence-electron chi connectivity index (χ1n) is 7.19. The summed E-state index contributed by atoms with van der Waals surface area (Å²) < 4.78 is 0. The molecule has 1 heterocycles. The molecule has 1 fully saturated rings. The normalized spacial score (nSPS) is 15.7. The van der Waals surface area contributed by atoms with Crippen molar-refractivity contribution in [3.05, 3.63) is 51.5 Å². The van der Waals surface area contributed by atoms with E-state index in [2.05, 4.69) is 10.3 Å². The molecule has 0 spiro atoms. The van der Waals surface area contributed by atoms with Gasteiger partial charge in [-0.25, -0.2) is 4.98 Å². The Morgan fingerprint density at radius 1 is 1.43 bits per heavy atom. The number of carbonyl (C=O) groups excluding carboxylic acids is 1. The molecule has 1 aliphatic rings. The third-order valence-corrected chi connectivity index (χ3v) is 4.78. The molecule has 1 unspecified atom stereocenters. The molecule has 3 N–H and O–H groups in total. The first kappa shape index (κ1) is 14.2. The molecular weight excluding hydrogens is 282 g/mol. The zero-order valence-electron chi connectivity index (χ0n) is 12.0. The number of carbonyl (C=O) groups is 1. The predicted octanol–water partition coefficient (Wildman–Crippen LogP) is 2.79. The molecule has 5 heteroatoms. The third kappa shape index (κ3) is 3.31. The highest BCUT2D eigenvalue weighted by Crippen LogP contribution is 2.41. The van der Waals surface area contributed by atoms with Crippen molar-refractivity contribution in [1.82, 2.24) is 10.3 Å². The molecule has 1 aromatic carbocycles. The van der Waals surface area contributed by atoms with Crippen molar-refractivity contribution in [2.45, 2.75) is 32.4 Å². The van der Waals surface area contributed by atoms with Crippen LogP contribution in [-0.4, -0.2) is 10.9 Å². The number of nitrogens with two attached hydrogens (primary N) is 1. The lowest BCUT2D eigenvalue weighted by molar-refractivity contribution is 0.0931. The summed E-state index contributed by atoms with van der Waals surface area (Å²) in [5.74, 6) is 0.492. The van der Waals surface area contributed by atoms with Gasteiger partial charge >= 0.3 is 0 Å². The van der Waals surface area contributed by atoms with Gasteiger partial charge in [0.2, 0.25) is 0 Å². The standard InChI is InChI=1S/C16H19N3OS/c1-10-9-21-16(18-10)14(12-6-7-12)19-15(20)13-4-2-11(8-17)3-5-13/h2-5,9,12,14H,6-8,17H2,1H3,(H,19,20). The Morgan fingerprint density at radius 2 is 2.14 bits per heavy atom. The maximum absolute atomic E-state index is 12.4. The molecule has 0 aliphatic heterocycles. The maximum Gasteiger partial charge on any atom is 0.251 e. The highest BCUT2D eigenvalue weighted by atomic mass is 32.1. The fourth-order valence-corrected chi connectivity index (χ4v) is 3.28. The van der Waals surface area contributed by atoms with Gasteiger partial charge in [-0.2, -0.15) is 0 Å². The Balaban J connectivity index is 1.74. The van der Waals surface area contributed by atoms with Crippen LogP contribution < -0.4 is 11.1 Å². The molecule has 0 radical (unpaired) electrons. The monoisotopic (exact) mass is 301 g/mol. The Hall–Kier alpha value is -1.72. The van der Waals surface area contributed by atoms with Gasteiger partial charge in [-0.3, -0.25) is 4.79 Å². The molecule has 3 rings (SSSR count). The second-order valence-electron chi connectivity index (χ2n) is 5.52. The fraction of sp³-hybridized carbons (Fsp3) is 0.375. The van der Waals surface area contributed by atoms with Crippen molar-refractivity contribution in [2.24, 2.45) is 11.7 Å². The van der Waals surface area contributed by atoms with Crippen LogP contribution in [0.5, 0.6) is 0 Å². The SMILES string of the molecule is Cc1csc(C(NC(=O)c2ccc(CN)cc2)C2CC2)n1. The van der Waals surface area contributed by atoms with Gasteiger partial charge in [0.25, 0.3) is 5.91 Å². The quantitative estimate of drug-likeness (QED) is 0.892. The van der Waals surface area contributed by atoms with Gasteiger partial charge in [-0.05, 0) is 43.4 Å². The molecule has 2 aromatic rings. The second-order valence-corrected chi connectivity index (χ2v) is 6.41. The van der Waals surface area contributed by atoms with E-state index in [0.717, 1.165) is 29.1 Å². The Kier molecular flexibility index (Phi) is 4.03. The van der Waals surface area contributed by atoms with Gasteiger partial charge in [0.05, 0.1) is 6.04 Å². The Morgan fingerprint density at radius 3 is 2.67 bits per heavy atom. The van der Waals surface area contributed by atoms with Crippen LogP contribution >= 0.6 is 11.3 Å². The number of hydrogen-bond acceptors (Lipinski definition) is 4. The van der Waals surface area contributed by atoms with Crippen molar-refractivity contribution in [2.75, 3.05) is 0 Å². The lowest BCUT2D eigenvalue weighted by Gasteiger charge is -2.16. The molecule has 21 heavy (non-hydrogen) atoms. The number of aryl methyl sites for hydroxylation is 1. The summed E-state index contributed by atoms with van der Waals surface area (Å²) in [6.45, 7) is 2.47. The van der Waals surface area contributed by atoms with Crippen molar-refractivity contribution >= 4 is 17.2 Å². The van der Waals surface area contributed by atoms with E-state index >= 15 is 0 Å². The van der Waals surface area contributed by atoms with Gasteiger partial charge in [-0.15, -0.1) is 11.3 Å². The first-order valence-corrected chi connectivity index (χ1v) is 8.07. The van der Waals surface area contributed by atoms with E-state index < -0.39 is 0 Å². The van der Waals surface area contributed by atoms with Crippen LogP contribution in [0.4, 0.5) is 0 Å². The van der Waals surface area contributed by atoms with Crippen molar-refractivity contribution < 1.29 is 4.79 Å². The first-order chi connectivity index (χ1) is 10.2. The third-order valence-electron chi connectivity index (χ3n) is 3.73. The van der Waals surface area contributed by atoms with E-state index in [9.17, 15) is 4.79 Å². The zero-order valence-corrected chi connectivity index (χ0v) is 12.8. The van der Waals surface area contributed by atoms with E-state index in [1.807, 2.05) is 36.6 Å². The van der Waals surface area contributed by atoms with Crippen molar-refractivity contribution in [3.63, 3.8) is 0 Å². The maximum atomic E-state index is 12.4. The smallest absolute Gasteiger partial charge is 0.251 e. The summed E-state index contributed by atoms with van der Waals surface area (Å²) in [6.07, 6.45) is 2.32. The molecule has 1 aliphatic carbocycles. The highest BCUT2D eigenvalue weighted by molar-refractivity contribution is 7.09. The number of thiazole rings is 1. The van der Waals surface area contributed by atoms with Gasteiger partial charge < -0.3 is 11.1 Å². The number of rotatable bonds is 5. The Bertz CT molecular complexity index is 631. The summed E-state index contributed by atoms with van der Waals surface area (Å²) in [4.78, 5) is 16.9. The summed E-state index contributed by atoms with van der Waals surface area (Å²) >= 11 is 1.63. The highest BCUT2D eigenvalue weighted by Gasteiger charge is 2.35. The topological polar surface area (TPSA) is 68.0 Å². The predicted molar refractivity (Wildman–Crippen MR) is 84.1 cm³/mol. The number of hydrogen-bond donors (Lipinski definition) is 2. The van der Waals surface area contributed by atoms with Crippen LogP contribution in [-0.2, 0) is 6.54 Å². The lowest BCUT2D eigenvalue weighted by Crippen LogP contribution is -2.29. The molecule has 1 aromatic heterocycles. The largest absolute Gasteiger partial charge is 0.343 e. The van der Waals surface area contributed by atoms with Crippen LogP contribution in [0, 0.1) is 12.8 Å². The summed E-state index contributed by atoms with van der Waals surface area (Å²) in [5, 5.41) is 6.19. The van der Waals surface area contributed by atoms with Gasteiger partial charge in [0.1, 0.15) is 5.01 Å². The minimum atomic E-state index is -0.0386. The van der Waals surface area contributed by atoms with E-state index in [-0.39, 0.29) is 11.9 Å². The van der Waals surface area contributed by atoms with E-state index in [0.29, 0.717) is 18.0 Å². The minimum absolute atomic E-state index is 0.0386. The molecule has 0 bridgehead atoms. The van der Waals surface area contributed by atoms with E-state index in [4.69, 9.17) is 5.73 Å². The summed E-state index contributed by atoms with van der Waals surface area (Å²) in [5.41, 5.74) is 8.29. The van der Waals surface area contributed by atoms with E-state index in [1.54, 1.807) is 11.3 Å². The lowest BCUT2D eigenvalue weighted by atomic mass is 10.1. The number of benzene rings is 1. The molecule has 110 valence electrons. The molecular formula is C16H19N3OS. The number of amides is 1. The van der Waals surface area contributed by atoms with E-state index in [1.165, 1.54) is 0 Å². The van der Waals surface area contributed by atoms with Gasteiger partial charge in [0.15, 0.2) is 0 Å². The molecule has 1 atom stereocenters. The molecule has 1 amide bonds. The minimum Gasteiger partial charge on any atom is -0.343 e. The van der Waals surface area contributed by atoms with Crippen LogP contribution in [0.2, 0.25) is 0 Å². The molecule has 1 saturated carbocycles. The van der Waals surface area contributed by atoms with Crippen molar-refractivity contribution in [1.29, 1.82) is 0 Å². The average molecular weight is 301 g/mol. The van der Waals surface area contributed by atoms with Gasteiger partial charge in [-0.1, -0.05) is 12.1 Å². The van der Waals surface area contributed by atoms with Gasteiger partial charge in [0, 0.05) is 23.2 Å². The van der Waals surface area contributed by atoms with Crippen molar-refractivity contribution in [3.8, 4) is 0 Å².